The zero-order valence-corrected chi connectivity index (χ0v) is 21.3. The maximum atomic E-state index is 11.6. The second-order valence-electron chi connectivity index (χ2n) is 7.67. The van der Waals surface area contributed by atoms with Crippen molar-refractivity contribution in [3.05, 3.63) is 71.8 Å². The molecule has 9 heteroatoms. The third-order valence-corrected chi connectivity index (χ3v) is 5.23. The highest BCUT2D eigenvalue weighted by molar-refractivity contribution is 14.0. The second-order valence-corrected chi connectivity index (χ2v) is 7.67. The van der Waals surface area contributed by atoms with Gasteiger partial charge in [0.25, 0.3) is 0 Å². The summed E-state index contributed by atoms with van der Waals surface area (Å²) in [5, 5.41) is 8.98. The number of carbonyl (C=O) groups is 2. The second kappa shape index (κ2) is 14.5. The molecule has 0 aromatic heterocycles. The summed E-state index contributed by atoms with van der Waals surface area (Å²) < 4.78 is 0. The molecule has 0 bridgehead atoms. The standard InChI is InChI=1S/C24H32N6O2.HI/c1-25-23(27-14-16-30-22(31)17-28-24(30)32)26-13-8-15-29(18-20-9-4-2-5-10-20)19-21-11-6-3-7-12-21;/h2-7,9-12H,8,13-19H2,1H3,(H,28,32)(H2,25,26,27);1H. The molecule has 8 nitrogen and oxygen atoms in total. The van der Waals surface area contributed by atoms with Gasteiger partial charge in [0, 0.05) is 46.3 Å². The Kier molecular flexibility index (Phi) is 11.7. The van der Waals surface area contributed by atoms with Gasteiger partial charge in [-0.1, -0.05) is 60.7 Å². The fourth-order valence-corrected chi connectivity index (χ4v) is 3.60. The van der Waals surface area contributed by atoms with Crippen LogP contribution in [0.3, 0.4) is 0 Å². The molecule has 0 aliphatic carbocycles. The van der Waals surface area contributed by atoms with Crippen molar-refractivity contribution in [2.24, 2.45) is 4.99 Å². The van der Waals surface area contributed by atoms with E-state index in [0.717, 1.165) is 32.6 Å². The maximum absolute atomic E-state index is 11.6. The molecule has 2 aromatic carbocycles. The van der Waals surface area contributed by atoms with E-state index in [1.165, 1.54) is 16.0 Å². The third-order valence-electron chi connectivity index (χ3n) is 5.23. The molecular formula is C24H33IN6O2. The average Bonchev–Trinajstić information content (AvgIpc) is 3.14. The number of nitrogens with zero attached hydrogens (tertiary/aromatic N) is 3. The number of imide groups is 1. The van der Waals surface area contributed by atoms with Gasteiger partial charge in [0.1, 0.15) is 0 Å². The first-order chi connectivity index (χ1) is 15.7. The molecule has 3 rings (SSSR count). The topological polar surface area (TPSA) is 89.1 Å². The van der Waals surface area contributed by atoms with Gasteiger partial charge in [0.2, 0.25) is 5.91 Å². The molecule has 2 aromatic rings. The molecule has 33 heavy (non-hydrogen) atoms. The number of hydrogen-bond donors (Lipinski definition) is 3. The number of rotatable bonds is 11. The van der Waals surface area contributed by atoms with E-state index in [9.17, 15) is 9.59 Å². The Morgan fingerprint density at radius 2 is 1.55 bits per heavy atom. The molecule has 1 fully saturated rings. The average molecular weight is 564 g/mol. The van der Waals surface area contributed by atoms with Crippen molar-refractivity contribution < 1.29 is 9.59 Å². The predicted octanol–water partition coefficient (Wildman–Crippen LogP) is 2.41. The minimum atomic E-state index is -0.336. The van der Waals surface area contributed by atoms with Crippen LogP contribution in [-0.2, 0) is 17.9 Å². The summed E-state index contributed by atoms with van der Waals surface area (Å²) in [6, 6.07) is 20.7. The van der Waals surface area contributed by atoms with Gasteiger partial charge in [0.15, 0.2) is 5.96 Å². The van der Waals surface area contributed by atoms with Gasteiger partial charge in [-0.3, -0.25) is 19.6 Å². The van der Waals surface area contributed by atoms with Gasteiger partial charge < -0.3 is 16.0 Å². The number of urea groups is 1. The highest BCUT2D eigenvalue weighted by atomic mass is 127. The van der Waals surface area contributed by atoms with E-state index in [2.05, 4.69) is 74.4 Å². The number of nitrogens with one attached hydrogen (secondary N) is 3. The molecule has 1 aliphatic rings. The van der Waals surface area contributed by atoms with Crippen LogP contribution < -0.4 is 16.0 Å². The third kappa shape index (κ3) is 9.01. The highest BCUT2D eigenvalue weighted by Crippen LogP contribution is 2.10. The van der Waals surface area contributed by atoms with Gasteiger partial charge in [-0.15, -0.1) is 24.0 Å². The molecule has 0 saturated carbocycles. The molecule has 3 amide bonds. The first kappa shape index (κ1) is 26.6. The number of carbonyl (C=O) groups excluding carboxylic acids is 2. The van der Waals surface area contributed by atoms with Crippen LogP contribution in [-0.4, -0.2) is 67.5 Å². The van der Waals surface area contributed by atoms with Crippen LogP contribution >= 0.6 is 24.0 Å². The summed E-state index contributed by atoms with van der Waals surface area (Å²) in [5.74, 6) is 0.464. The lowest BCUT2D eigenvalue weighted by Gasteiger charge is -2.23. The molecule has 1 aliphatic heterocycles. The van der Waals surface area contributed by atoms with E-state index in [0.29, 0.717) is 19.0 Å². The van der Waals surface area contributed by atoms with Crippen LogP contribution in [0.4, 0.5) is 4.79 Å². The van der Waals surface area contributed by atoms with Crippen molar-refractivity contribution in [2.45, 2.75) is 19.5 Å². The quantitative estimate of drug-likeness (QED) is 0.128. The monoisotopic (exact) mass is 564 g/mol. The Bertz CT molecular complexity index is 837. The van der Waals surface area contributed by atoms with Crippen LogP contribution in [0.25, 0.3) is 0 Å². The van der Waals surface area contributed by atoms with E-state index >= 15 is 0 Å². The van der Waals surface area contributed by atoms with Crippen LogP contribution in [0.2, 0.25) is 0 Å². The number of benzene rings is 2. The number of amides is 3. The number of guanidine groups is 1. The van der Waals surface area contributed by atoms with Crippen molar-refractivity contribution >= 4 is 41.9 Å². The van der Waals surface area contributed by atoms with Gasteiger partial charge in [0.05, 0.1) is 6.54 Å². The molecule has 0 spiro atoms. The molecule has 178 valence electrons. The minimum Gasteiger partial charge on any atom is -0.356 e. The summed E-state index contributed by atoms with van der Waals surface area (Å²) in [7, 11) is 1.71. The Hall–Kier alpha value is -2.66. The van der Waals surface area contributed by atoms with E-state index < -0.39 is 0 Å². The fourth-order valence-electron chi connectivity index (χ4n) is 3.60. The fraction of sp³-hybridized carbons (Fsp3) is 0.375. The van der Waals surface area contributed by atoms with Crippen molar-refractivity contribution in [1.29, 1.82) is 0 Å². The smallest absolute Gasteiger partial charge is 0.324 e. The molecule has 0 unspecified atom stereocenters. The minimum absolute atomic E-state index is 0. The number of aliphatic imine (C=N–C) groups is 1. The normalized spacial score (nSPS) is 13.6. The largest absolute Gasteiger partial charge is 0.356 e. The Labute approximate surface area is 212 Å². The van der Waals surface area contributed by atoms with Crippen LogP contribution in [0.1, 0.15) is 17.5 Å². The Morgan fingerprint density at radius 3 is 2.06 bits per heavy atom. The van der Waals surface area contributed by atoms with Gasteiger partial charge >= 0.3 is 6.03 Å². The lowest BCUT2D eigenvalue weighted by molar-refractivity contribution is -0.124. The van der Waals surface area contributed by atoms with Gasteiger partial charge in [-0.05, 0) is 17.5 Å². The van der Waals surface area contributed by atoms with Crippen molar-refractivity contribution in [3.63, 3.8) is 0 Å². The summed E-state index contributed by atoms with van der Waals surface area (Å²) in [6.07, 6.45) is 0.952. The van der Waals surface area contributed by atoms with E-state index in [-0.39, 0.29) is 42.5 Å². The number of hydrogen-bond acceptors (Lipinski definition) is 4. The molecule has 0 atom stereocenters. The van der Waals surface area contributed by atoms with Crippen molar-refractivity contribution in [2.75, 3.05) is 39.8 Å². The Balaban J connectivity index is 0.00000385. The summed E-state index contributed by atoms with van der Waals surface area (Å²) in [5.41, 5.74) is 2.60. The Morgan fingerprint density at radius 1 is 0.970 bits per heavy atom. The predicted molar refractivity (Wildman–Crippen MR) is 142 cm³/mol. The van der Waals surface area contributed by atoms with E-state index in [4.69, 9.17) is 0 Å². The first-order valence-corrected chi connectivity index (χ1v) is 11.0. The van der Waals surface area contributed by atoms with E-state index in [1.54, 1.807) is 7.05 Å². The van der Waals surface area contributed by atoms with E-state index in [1.807, 2.05) is 12.1 Å². The van der Waals surface area contributed by atoms with Crippen molar-refractivity contribution in [1.82, 2.24) is 25.8 Å². The molecular weight excluding hydrogens is 531 g/mol. The molecule has 1 heterocycles. The lowest BCUT2D eigenvalue weighted by atomic mass is 10.1. The SMILES string of the molecule is CN=C(NCCCN(Cc1ccccc1)Cc1ccccc1)NCCN1C(=O)CNC1=O.I. The molecule has 1 saturated heterocycles. The zero-order chi connectivity index (χ0) is 22.6. The lowest BCUT2D eigenvalue weighted by Crippen LogP contribution is -2.43. The highest BCUT2D eigenvalue weighted by Gasteiger charge is 2.27. The maximum Gasteiger partial charge on any atom is 0.324 e. The molecule has 0 radical (unpaired) electrons. The number of halogens is 1. The molecule has 3 N–H and O–H groups in total. The van der Waals surface area contributed by atoms with Gasteiger partial charge in [-0.2, -0.15) is 0 Å². The summed E-state index contributed by atoms with van der Waals surface area (Å²) >= 11 is 0. The first-order valence-electron chi connectivity index (χ1n) is 11.0. The summed E-state index contributed by atoms with van der Waals surface area (Å²) in [4.78, 5) is 31.1. The van der Waals surface area contributed by atoms with Crippen LogP contribution in [0.15, 0.2) is 65.7 Å². The zero-order valence-electron chi connectivity index (χ0n) is 19.0. The summed E-state index contributed by atoms with van der Waals surface area (Å²) in [6.45, 7) is 4.34. The van der Waals surface area contributed by atoms with Crippen LogP contribution in [0, 0.1) is 0 Å². The van der Waals surface area contributed by atoms with Gasteiger partial charge in [-0.25, -0.2) is 4.79 Å². The van der Waals surface area contributed by atoms with Crippen LogP contribution in [0.5, 0.6) is 0 Å². The van der Waals surface area contributed by atoms with Crippen molar-refractivity contribution in [3.8, 4) is 0 Å².